The molecule has 2 aromatic rings. The SMILES string of the molecule is Cc1cc(C)c(NC(=O)CNC(=O)C2CCCN(C(=O)c3ccco3)C2)c(C)c1. The zero-order valence-corrected chi connectivity index (χ0v) is 17.1. The Balaban J connectivity index is 1.52. The van der Waals surface area contributed by atoms with Crippen LogP contribution < -0.4 is 10.6 Å². The van der Waals surface area contributed by atoms with Crippen LogP contribution in [0.5, 0.6) is 0 Å². The molecular weight excluding hydrogens is 370 g/mol. The smallest absolute Gasteiger partial charge is 0.289 e. The number of likely N-dealkylation sites (tertiary alicyclic amines) is 1. The predicted octanol–water partition coefficient (Wildman–Crippen LogP) is 2.81. The summed E-state index contributed by atoms with van der Waals surface area (Å²) in [6.45, 7) is 6.71. The lowest BCUT2D eigenvalue weighted by atomic mass is 9.97. The first-order valence-electron chi connectivity index (χ1n) is 9.83. The van der Waals surface area contributed by atoms with Crippen molar-refractivity contribution in [2.45, 2.75) is 33.6 Å². The van der Waals surface area contributed by atoms with Crippen LogP contribution in [0.3, 0.4) is 0 Å². The average Bonchev–Trinajstić information content (AvgIpc) is 3.23. The molecule has 1 atom stereocenters. The van der Waals surface area contributed by atoms with Crippen molar-refractivity contribution in [3.8, 4) is 0 Å². The number of hydrogen-bond acceptors (Lipinski definition) is 4. The Morgan fingerprint density at radius 2 is 1.90 bits per heavy atom. The molecule has 154 valence electrons. The van der Waals surface area contributed by atoms with E-state index in [0.717, 1.165) is 28.8 Å². The van der Waals surface area contributed by atoms with E-state index in [1.807, 2.05) is 32.9 Å². The second kappa shape index (κ2) is 8.94. The number of rotatable bonds is 5. The molecular formula is C22H27N3O4. The molecule has 1 aliphatic rings. The molecule has 7 heteroatoms. The van der Waals surface area contributed by atoms with Gasteiger partial charge in [-0.2, -0.15) is 0 Å². The van der Waals surface area contributed by atoms with Gasteiger partial charge in [-0.25, -0.2) is 0 Å². The highest BCUT2D eigenvalue weighted by Crippen LogP contribution is 2.22. The first-order valence-corrected chi connectivity index (χ1v) is 9.83. The monoisotopic (exact) mass is 397 g/mol. The third-order valence-electron chi connectivity index (χ3n) is 5.18. The Kier molecular flexibility index (Phi) is 6.36. The molecule has 1 aromatic carbocycles. The fourth-order valence-electron chi connectivity index (χ4n) is 3.80. The Morgan fingerprint density at radius 3 is 2.55 bits per heavy atom. The summed E-state index contributed by atoms with van der Waals surface area (Å²) in [4.78, 5) is 38.9. The van der Waals surface area contributed by atoms with Crippen LogP contribution in [0, 0.1) is 26.7 Å². The highest BCUT2D eigenvalue weighted by atomic mass is 16.3. The number of anilines is 1. The van der Waals surface area contributed by atoms with E-state index in [9.17, 15) is 14.4 Å². The molecule has 0 aliphatic carbocycles. The van der Waals surface area contributed by atoms with Gasteiger partial charge in [0.2, 0.25) is 11.8 Å². The maximum absolute atomic E-state index is 12.5. The van der Waals surface area contributed by atoms with Gasteiger partial charge in [-0.1, -0.05) is 17.7 Å². The van der Waals surface area contributed by atoms with Gasteiger partial charge in [0.25, 0.3) is 5.91 Å². The van der Waals surface area contributed by atoms with Crippen LogP contribution in [-0.2, 0) is 9.59 Å². The number of benzene rings is 1. The topological polar surface area (TPSA) is 91.7 Å². The fraction of sp³-hybridized carbons (Fsp3) is 0.409. The van der Waals surface area contributed by atoms with Crippen molar-refractivity contribution < 1.29 is 18.8 Å². The van der Waals surface area contributed by atoms with Crippen molar-refractivity contribution in [3.63, 3.8) is 0 Å². The number of amides is 3. The summed E-state index contributed by atoms with van der Waals surface area (Å²) in [5.74, 6) is -0.759. The molecule has 0 radical (unpaired) electrons. The maximum atomic E-state index is 12.5. The number of piperidine rings is 1. The predicted molar refractivity (Wildman–Crippen MR) is 110 cm³/mol. The Labute approximate surface area is 170 Å². The largest absolute Gasteiger partial charge is 0.459 e. The van der Waals surface area contributed by atoms with E-state index in [4.69, 9.17) is 4.42 Å². The number of nitrogens with zero attached hydrogens (tertiary/aromatic N) is 1. The van der Waals surface area contributed by atoms with Crippen molar-refractivity contribution >= 4 is 23.4 Å². The molecule has 1 aliphatic heterocycles. The summed E-state index contributed by atoms with van der Waals surface area (Å²) >= 11 is 0. The summed E-state index contributed by atoms with van der Waals surface area (Å²) in [5.41, 5.74) is 3.89. The van der Waals surface area contributed by atoms with E-state index in [0.29, 0.717) is 19.5 Å². The number of carbonyl (C=O) groups is 3. The van der Waals surface area contributed by atoms with E-state index >= 15 is 0 Å². The zero-order chi connectivity index (χ0) is 21.0. The van der Waals surface area contributed by atoms with Gasteiger partial charge in [0.1, 0.15) is 0 Å². The molecule has 7 nitrogen and oxygen atoms in total. The molecule has 3 amide bonds. The Morgan fingerprint density at radius 1 is 1.17 bits per heavy atom. The number of aryl methyl sites for hydroxylation is 3. The van der Waals surface area contributed by atoms with Gasteiger partial charge < -0.3 is 20.0 Å². The van der Waals surface area contributed by atoms with Crippen LogP contribution in [0.25, 0.3) is 0 Å². The van der Waals surface area contributed by atoms with E-state index in [1.54, 1.807) is 17.0 Å². The number of hydrogen-bond donors (Lipinski definition) is 2. The van der Waals surface area contributed by atoms with Crippen LogP contribution in [0.15, 0.2) is 34.9 Å². The Hall–Kier alpha value is -3.09. The van der Waals surface area contributed by atoms with Crippen molar-refractivity contribution in [1.82, 2.24) is 10.2 Å². The summed E-state index contributed by atoms with van der Waals surface area (Å²) < 4.78 is 5.16. The number of carbonyl (C=O) groups excluding carboxylic acids is 3. The molecule has 2 N–H and O–H groups in total. The first kappa shape index (κ1) is 20.6. The van der Waals surface area contributed by atoms with Gasteiger partial charge in [0, 0.05) is 18.8 Å². The third kappa shape index (κ3) is 5.04. The van der Waals surface area contributed by atoms with Crippen molar-refractivity contribution in [2.24, 2.45) is 5.92 Å². The van der Waals surface area contributed by atoms with E-state index in [2.05, 4.69) is 10.6 Å². The van der Waals surface area contributed by atoms with Gasteiger partial charge in [0.05, 0.1) is 18.7 Å². The first-order chi connectivity index (χ1) is 13.8. The molecule has 1 unspecified atom stereocenters. The van der Waals surface area contributed by atoms with Gasteiger partial charge in [-0.3, -0.25) is 14.4 Å². The summed E-state index contributed by atoms with van der Waals surface area (Å²) in [7, 11) is 0. The quantitative estimate of drug-likeness (QED) is 0.812. The second-order valence-electron chi connectivity index (χ2n) is 7.61. The summed E-state index contributed by atoms with van der Waals surface area (Å²) in [6, 6.07) is 7.30. The van der Waals surface area contributed by atoms with Crippen LogP contribution in [0.2, 0.25) is 0 Å². The van der Waals surface area contributed by atoms with Crippen LogP contribution in [-0.4, -0.2) is 42.3 Å². The lowest BCUT2D eigenvalue weighted by molar-refractivity contribution is -0.128. The third-order valence-corrected chi connectivity index (χ3v) is 5.18. The molecule has 0 spiro atoms. The van der Waals surface area contributed by atoms with Crippen molar-refractivity contribution in [3.05, 3.63) is 53.0 Å². The molecule has 2 heterocycles. The van der Waals surface area contributed by atoms with Crippen LogP contribution >= 0.6 is 0 Å². The highest BCUT2D eigenvalue weighted by molar-refractivity contribution is 5.96. The van der Waals surface area contributed by atoms with Crippen LogP contribution in [0.1, 0.15) is 40.1 Å². The minimum atomic E-state index is -0.335. The average molecular weight is 397 g/mol. The lowest BCUT2D eigenvalue weighted by Gasteiger charge is -2.31. The summed E-state index contributed by atoms with van der Waals surface area (Å²) in [5, 5.41) is 5.58. The fourth-order valence-corrected chi connectivity index (χ4v) is 3.80. The van der Waals surface area contributed by atoms with Gasteiger partial charge in [0.15, 0.2) is 5.76 Å². The van der Waals surface area contributed by atoms with Gasteiger partial charge >= 0.3 is 0 Å². The maximum Gasteiger partial charge on any atom is 0.289 e. The molecule has 1 saturated heterocycles. The van der Waals surface area contributed by atoms with Gasteiger partial charge in [-0.15, -0.1) is 0 Å². The molecule has 0 bridgehead atoms. The summed E-state index contributed by atoms with van der Waals surface area (Å²) in [6.07, 6.45) is 2.88. The van der Waals surface area contributed by atoms with Crippen LogP contribution in [0.4, 0.5) is 5.69 Å². The van der Waals surface area contributed by atoms with Crippen molar-refractivity contribution in [2.75, 3.05) is 25.0 Å². The number of furan rings is 1. The van der Waals surface area contributed by atoms with E-state index < -0.39 is 0 Å². The Bertz CT molecular complexity index is 882. The minimum absolute atomic E-state index is 0.103. The van der Waals surface area contributed by atoms with E-state index in [-0.39, 0.29) is 35.9 Å². The van der Waals surface area contributed by atoms with Crippen molar-refractivity contribution in [1.29, 1.82) is 0 Å². The molecule has 1 fully saturated rings. The van der Waals surface area contributed by atoms with E-state index in [1.165, 1.54) is 6.26 Å². The molecule has 3 rings (SSSR count). The molecule has 1 aromatic heterocycles. The highest BCUT2D eigenvalue weighted by Gasteiger charge is 2.30. The second-order valence-corrected chi connectivity index (χ2v) is 7.61. The number of nitrogens with one attached hydrogen (secondary N) is 2. The minimum Gasteiger partial charge on any atom is -0.459 e. The lowest BCUT2D eigenvalue weighted by Crippen LogP contribution is -2.46. The van der Waals surface area contributed by atoms with Gasteiger partial charge in [-0.05, 0) is 56.9 Å². The molecule has 0 saturated carbocycles. The zero-order valence-electron chi connectivity index (χ0n) is 17.1. The normalized spacial score (nSPS) is 16.4. The molecule has 29 heavy (non-hydrogen) atoms. The standard InChI is InChI=1S/C22H27N3O4/c1-14-10-15(2)20(16(3)11-14)24-19(26)12-23-21(27)17-6-4-8-25(13-17)22(28)18-7-5-9-29-18/h5,7,9-11,17H,4,6,8,12-13H2,1-3H3,(H,23,27)(H,24,26).